The number of ketones is 1. The quantitative estimate of drug-likeness (QED) is 0.737. The molecule has 0 aromatic heterocycles. The van der Waals surface area contributed by atoms with Crippen molar-refractivity contribution in [3.05, 3.63) is 34.6 Å². The van der Waals surface area contributed by atoms with Crippen LogP contribution in [0.25, 0.3) is 0 Å². The molecule has 1 rings (SSSR count). The maximum Gasteiger partial charge on any atom is 0.145 e. The van der Waals surface area contributed by atoms with Gasteiger partial charge >= 0.3 is 0 Å². The van der Waals surface area contributed by atoms with Crippen LogP contribution >= 0.6 is 11.6 Å². The van der Waals surface area contributed by atoms with Gasteiger partial charge in [0.2, 0.25) is 0 Å². The van der Waals surface area contributed by atoms with E-state index in [2.05, 4.69) is 13.8 Å². The second kappa shape index (κ2) is 6.75. The van der Waals surface area contributed by atoms with E-state index in [1.807, 2.05) is 0 Å². The first-order valence-electron chi connectivity index (χ1n) is 6.03. The van der Waals surface area contributed by atoms with E-state index < -0.39 is 5.82 Å². The van der Waals surface area contributed by atoms with Crippen LogP contribution < -0.4 is 0 Å². The average molecular weight is 257 g/mol. The lowest BCUT2D eigenvalue weighted by Crippen LogP contribution is -2.10. The highest BCUT2D eigenvalue weighted by molar-refractivity contribution is 6.30. The summed E-state index contributed by atoms with van der Waals surface area (Å²) in [4.78, 5) is 11.8. The van der Waals surface area contributed by atoms with Crippen molar-refractivity contribution < 1.29 is 9.18 Å². The third-order valence-corrected chi connectivity index (χ3v) is 3.38. The molecule has 94 valence electrons. The standard InChI is InChI=1S/C14H18ClFO/c1-3-10(4-2)8-12(17)9-11-6-5-7-13(15)14(11)16/h5-7,10H,3-4,8-9H2,1-2H3. The van der Waals surface area contributed by atoms with Gasteiger partial charge in [0.25, 0.3) is 0 Å². The smallest absolute Gasteiger partial charge is 0.145 e. The molecule has 1 nitrogen and oxygen atoms in total. The maximum absolute atomic E-state index is 13.6. The number of hydrogen-bond acceptors (Lipinski definition) is 1. The number of rotatable bonds is 6. The molecule has 1 aromatic carbocycles. The summed E-state index contributed by atoms with van der Waals surface area (Å²) in [5.41, 5.74) is 0.397. The third-order valence-electron chi connectivity index (χ3n) is 3.09. The minimum Gasteiger partial charge on any atom is -0.299 e. The van der Waals surface area contributed by atoms with E-state index in [1.165, 1.54) is 6.07 Å². The number of benzene rings is 1. The molecule has 0 amide bonds. The Morgan fingerprint density at radius 2 is 2.00 bits per heavy atom. The highest BCUT2D eigenvalue weighted by Crippen LogP contribution is 2.20. The topological polar surface area (TPSA) is 17.1 Å². The van der Waals surface area contributed by atoms with E-state index in [1.54, 1.807) is 12.1 Å². The summed E-state index contributed by atoms with van der Waals surface area (Å²) in [6.45, 7) is 4.14. The molecule has 0 saturated carbocycles. The fourth-order valence-electron chi connectivity index (χ4n) is 1.87. The predicted molar refractivity (Wildman–Crippen MR) is 68.8 cm³/mol. The molecule has 1 aromatic rings. The zero-order valence-corrected chi connectivity index (χ0v) is 11.1. The molecule has 0 atom stereocenters. The zero-order chi connectivity index (χ0) is 12.8. The summed E-state index contributed by atoms with van der Waals surface area (Å²) < 4.78 is 13.6. The van der Waals surface area contributed by atoms with E-state index in [0.717, 1.165) is 12.8 Å². The van der Waals surface area contributed by atoms with E-state index in [0.29, 0.717) is 17.9 Å². The van der Waals surface area contributed by atoms with E-state index >= 15 is 0 Å². The molecule has 0 fully saturated rings. The van der Waals surface area contributed by atoms with Gasteiger partial charge in [0, 0.05) is 12.8 Å². The van der Waals surface area contributed by atoms with Crippen LogP contribution in [0.2, 0.25) is 5.02 Å². The van der Waals surface area contributed by atoms with Gasteiger partial charge in [-0.25, -0.2) is 4.39 Å². The van der Waals surface area contributed by atoms with Crippen LogP contribution in [0.3, 0.4) is 0 Å². The van der Waals surface area contributed by atoms with Gasteiger partial charge in [-0.1, -0.05) is 50.4 Å². The number of carbonyl (C=O) groups is 1. The minimum absolute atomic E-state index is 0.0813. The van der Waals surface area contributed by atoms with Crippen molar-refractivity contribution in [1.29, 1.82) is 0 Å². The van der Waals surface area contributed by atoms with Gasteiger partial charge in [0.15, 0.2) is 0 Å². The summed E-state index contributed by atoms with van der Waals surface area (Å²) in [6.07, 6.45) is 2.64. The zero-order valence-electron chi connectivity index (χ0n) is 10.3. The molecule has 17 heavy (non-hydrogen) atoms. The Bertz CT molecular complexity index is 386. The summed E-state index contributed by atoms with van der Waals surface area (Å²) in [6, 6.07) is 4.78. The van der Waals surface area contributed by atoms with Crippen molar-refractivity contribution in [1.82, 2.24) is 0 Å². The summed E-state index contributed by atoms with van der Waals surface area (Å²) in [7, 11) is 0. The van der Waals surface area contributed by atoms with E-state index in [-0.39, 0.29) is 17.2 Å². The molecule has 0 aliphatic heterocycles. The van der Waals surface area contributed by atoms with Crippen LogP contribution in [0.5, 0.6) is 0 Å². The van der Waals surface area contributed by atoms with E-state index in [9.17, 15) is 9.18 Å². The largest absolute Gasteiger partial charge is 0.299 e. The number of hydrogen-bond donors (Lipinski definition) is 0. The molecule has 0 spiro atoms. The molecule has 0 saturated heterocycles. The van der Waals surface area contributed by atoms with Gasteiger partial charge < -0.3 is 0 Å². The molecule has 0 unspecified atom stereocenters. The van der Waals surface area contributed by atoms with Crippen LogP contribution in [0.1, 0.15) is 38.7 Å². The van der Waals surface area contributed by atoms with Gasteiger partial charge in [0.1, 0.15) is 11.6 Å². The van der Waals surface area contributed by atoms with E-state index in [4.69, 9.17) is 11.6 Å². The Labute approximate surface area is 107 Å². The van der Waals surface area contributed by atoms with Crippen LogP contribution in [-0.2, 0) is 11.2 Å². The fraction of sp³-hybridized carbons (Fsp3) is 0.500. The fourth-order valence-corrected chi connectivity index (χ4v) is 2.06. The first-order chi connectivity index (χ1) is 8.08. The normalized spacial score (nSPS) is 10.9. The Morgan fingerprint density at radius 1 is 1.35 bits per heavy atom. The number of carbonyl (C=O) groups excluding carboxylic acids is 1. The van der Waals surface area contributed by atoms with Gasteiger partial charge in [-0.15, -0.1) is 0 Å². The first-order valence-corrected chi connectivity index (χ1v) is 6.40. The lowest BCUT2D eigenvalue weighted by molar-refractivity contribution is -0.119. The molecular formula is C14H18ClFO. The molecule has 0 radical (unpaired) electrons. The molecule has 3 heteroatoms. The summed E-state index contributed by atoms with van der Waals surface area (Å²) >= 11 is 5.67. The molecule has 0 aliphatic rings. The van der Waals surface area contributed by atoms with Crippen molar-refractivity contribution in [2.75, 3.05) is 0 Å². The highest BCUT2D eigenvalue weighted by atomic mass is 35.5. The van der Waals surface area contributed by atoms with Crippen LogP contribution in [-0.4, -0.2) is 5.78 Å². The second-order valence-corrected chi connectivity index (χ2v) is 4.72. The van der Waals surface area contributed by atoms with Crippen molar-refractivity contribution in [2.45, 2.75) is 39.5 Å². The van der Waals surface area contributed by atoms with Crippen molar-refractivity contribution in [3.8, 4) is 0 Å². The lowest BCUT2D eigenvalue weighted by atomic mass is 9.94. The maximum atomic E-state index is 13.6. The Balaban J connectivity index is 2.65. The van der Waals surface area contributed by atoms with Gasteiger partial charge in [0.05, 0.1) is 5.02 Å². The highest BCUT2D eigenvalue weighted by Gasteiger charge is 2.14. The van der Waals surface area contributed by atoms with Crippen LogP contribution in [0, 0.1) is 11.7 Å². The third kappa shape index (κ3) is 4.12. The van der Waals surface area contributed by atoms with Crippen molar-refractivity contribution in [2.24, 2.45) is 5.92 Å². The molecule has 0 aliphatic carbocycles. The Hall–Kier alpha value is -0.890. The Morgan fingerprint density at radius 3 is 2.59 bits per heavy atom. The summed E-state index contributed by atoms with van der Waals surface area (Å²) in [5.74, 6) is 0.0247. The SMILES string of the molecule is CCC(CC)CC(=O)Cc1cccc(Cl)c1F. The predicted octanol–water partition coefficient (Wildman–Crippen LogP) is 4.42. The van der Waals surface area contributed by atoms with Crippen molar-refractivity contribution >= 4 is 17.4 Å². The molecular weight excluding hydrogens is 239 g/mol. The van der Waals surface area contributed by atoms with Gasteiger partial charge in [-0.3, -0.25) is 4.79 Å². The Kier molecular flexibility index (Phi) is 5.63. The van der Waals surface area contributed by atoms with Gasteiger partial charge in [-0.05, 0) is 17.5 Å². The monoisotopic (exact) mass is 256 g/mol. The molecule has 0 N–H and O–H groups in total. The number of halogens is 2. The lowest BCUT2D eigenvalue weighted by Gasteiger charge is -2.11. The number of Topliss-reactive ketones (excluding diaryl/α,β-unsaturated/α-hetero) is 1. The molecule has 0 bridgehead atoms. The average Bonchev–Trinajstić information content (AvgIpc) is 2.32. The molecule has 0 heterocycles. The van der Waals surface area contributed by atoms with Crippen LogP contribution in [0.15, 0.2) is 18.2 Å². The summed E-state index contributed by atoms with van der Waals surface area (Å²) in [5, 5.41) is 0.0813. The van der Waals surface area contributed by atoms with Crippen molar-refractivity contribution in [3.63, 3.8) is 0 Å². The van der Waals surface area contributed by atoms with Gasteiger partial charge in [-0.2, -0.15) is 0 Å². The first kappa shape index (κ1) is 14.2. The van der Waals surface area contributed by atoms with Crippen LogP contribution in [0.4, 0.5) is 4.39 Å². The minimum atomic E-state index is -0.466. The second-order valence-electron chi connectivity index (χ2n) is 4.32.